The summed E-state index contributed by atoms with van der Waals surface area (Å²) in [5.74, 6) is 0.412. The lowest BCUT2D eigenvalue weighted by molar-refractivity contribution is 0.264. The molecule has 0 saturated heterocycles. The molecule has 1 heteroatoms. The van der Waals surface area contributed by atoms with Gasteiger partial charge in [-0.15, -0.1) is 0 Å². The summed E-state index contributed by atoms with van der Waals surface area (Å²) in [7, 11) is 0. The molecule has 0 saturated carbocycles. The molecule has 0 bridgehead atoms. The Morgan fingerprint density at radius 2 is 1.44 bits per heavy atom. The van der Waals surface area contributed by atoms with Gasteiger partial charge in [0.1, 0.15) is 0 Å². The second kappa shape index (κ2) is 10.4. The highest BCUT2D eigenvalue weighted by Gasteiger charge is 2.54. The van der Waals surface area contributed by atoms with Gasteiger partial charge >= 0.3 is 0 Å². The third-order valence-electron chi connectivity index (χ3n) is 13.2. The van der Waals surface area contributed by atoms with E-state index in [9.17, 15) is 0 Å². The molecule has 0 amide bonds. The van der Waals surface area contributed by atoms with Crippen LogP contribution in [0.5, 0.6) is 0 Å². The third kappa shape index (κ3) is 4.01. The Morgan fingerprint density at radius 3 is 2.28 bits per heavy atom. The lowest BCUT2D eigenvalue weighted by Crippen LogP contribution is -2.38. The first kappa shape index (κ1) is 29.7. The van der Waals surface area contributed by atoms with Gasteiger partial charge in [0.25, 0.3) is 0 Å². The van der Waals surface area contributed by atoms with E-state index in [0.717, 1.165) is 19.3 Å². The zero-order valence-corrected chi connectivity index (χ0v) is 29.8. The zero-order valence-electron chi connectivity index (χ0n) is 29.8. The second-order valence-corrected chi connectivity index (χ2v) is 16.1. The molecule has 1 aromatic heterocycles. The molecule has 50 heavy (non-hydrogen) atoms. The van der Waals surface area contributed by atoms with Crippen LogP contribution in [0.25, 0.3) is 44.9 Å². The number of rotatable bonds is 3. The van der Waals surface area contributed by atoms with Crippen LogP contribution in [0.3, 0.4) is 0 Å². The van der Waals surface area contributed by atoms with Crippen LogP contribution in [0, 0.1) is 12.3 Å². The van der Waals surface area contributed by atoms with Gasteiger partial charge in [0.15, 0.2) is 0 Å². The lowest BCUT2D eigenvalue weighted by atomic mass is 9.61. The summed E-state index contributed by atoms with van der Waals surface area (Å²) < 4.78 is 2.57. The molecule has 0 spiro atoms. The van der Waals surface area contributed by atoms with Crippen molar-refractivity contribution in [2.24, 2.45) is 5.41 Å². The van der Waals surface area contributed by atoms with E-state index in [1.807, 2.05) is 0 Å². The van der Waals surface area contributed by atoms with E-state index in [-0.39, 0.29) is 10.8 Å². The summed E-state index contributed by atoms with van der Waals surface area (Å²) >= 11 is 0. The van der Waals surface area contributed by atoms with Crippen LogP contribution in [0.1, 0.15) is 90.2 Å². The Labute approximate surface area is 296 Å². The van der Waals surface area contributed by atoms with Crippen LogP contribution in [0.15, 0.2) is 127 Å². The average Bonchev–Trinajstić information content (AvgIpc) is 3.71. The van der Waals surface area contributed by atoms with Crippen molar-refractivity contribution in [3.05, 3.63) is 177 Å². The van der Waals surface area contributed by atoms with E-state index in [1.165, 1.54) is 94.6 Å². The zero-order chi connectivity index (χ0) is 33.9. The van der Waals surface area contributed by atoms with E-state index < -0.39 is 0 Å². The molecule has 0 fully saturated rings. The Morgan fingerprint density at radius 1 is 0.700 bits per heavy atom. The fraction of sp³-hybridized carbons (Fsp3) is 0.224. The molecule has 4 aliphatic carbocycles. The number of hydrogen-bond acceptors (Lipinski definition) is 0. The number of aromatic nitrogens is 1. The molecular formula is C49H43N. The monoisotopic (exact) mass is 645 g/mol. The maximum Gasteiger partial charge on any atom is 0.0537 e. The van der Waals surface area contributed by atoms with Gasteiger partial charge in [0.2, 0.25) is 0 Å². The summed E-state index contributed by atoms with van der Waals surface area (Å²) in [6.45, 7) is 12.0. The van der Waals surface area contributed by atoms with Crippen molar-refractivity contribution in [3.8, 4) is 16.8 Å². The second-order valence-electron chi connectivity index (χ2n) is 16.1. The van der Waals surface area contributed by atoms with E-state index in [2.05, 4.69) is 167 Å². The van der Waals surface area contributed by atoms with E-state index >= 15 is 0 Å². The van der Waals surface area contributed by atoms with E-state index in [0.29, 0.717) is 5.92 Å². The Kier molecular flexibility index (Phi) is 6.21. The molecule has 5 aromatic carbocycles. The highest BCUT2D eigenvalue weighted by atomic mass is 15.0. The predicted molar refractivity (Wildman–Crippen MR) is 211 cm³/mol. The van der Waals surface area contributed by atoms with Crippen LogP contribution in [0.4, 0.5) is 0 Å². The molecule has 0 aliphatic heterocycles. The van der Waals surface area contributed by atoms with Crippen molar-refractivity contribution in [1.29, 1.82) is 0 Å². The van der Waals surface area contributed by atoms with Gasteiger partial charge in [-0.25, -0.2) is 0 Å². The molecule has 0 radical (unpaired) electrons. The van der Waals surface area contributed by atoms with Crippen molar-refractivity contribution in [1.82, 2.24) is 4.57 Å². The topological polar surface area (TPSA) is 4.93 Å². The lowest BCUT2D eigenvalue weighted by Gasteiger charge is -2.42. The molecule has 244 valence electrons. The third-order valence-corrected chi connectivity index (χ3v) is 13.2. The molecule has 1 heterocycles. The van der Waals surface area contributed by atoms with Crippen molar-refractivity contribution >= 4 is 28.1 Å². The normalized spacial score (nSPS) is 21.1. The molecule has 10 rings (SSSR count). The maximum absolute atomic E-state index is 2.57. The number of nitrogens with zero attached hydrogens (tertiary/aromatic N) is 1. The van der Waals surface area contributed by atoms with Crippen LogP contribution in [-0.4, -0.2) is 4.57 Å². The Balaban J connectivity index is 1.00. The van der Waals surface area contributed by atoms with Crippen LogP contribution < -0.4 is 0 Å². The molecule has 2 unspecified atom stereocenters. The maximum atomic E-state index is 2.57. The molecule has 6 aromatic rings. The van der Waals surface area contributed by atoms with Crippen LogP contribution >= 0.6 is 0 Å². The Bertz CT molecular complexity index is 2530. The Hall–Kier alpha value is -5.14. The number of benzene rings is 5. The number of para-hydroxylation sites is 1. The SMILES string of the molecule is CC1=C(c2ccc(-n3c4c(c5ccccc53)C=C3c5ccccc5C(C)(C)C3(C)C4)cc2C)C=CC(c2ccc3c(c2)Cc2ccccc2-3)C1. The van der Waals surface area contributed by atoms with Gasteiger partial charge in [0.05, 0.1) is 5.52 Å². The van der Waals surface area contributed by atoms with Crippen molar-refractivity contribution in [2.45, 2.75) is 65.2 Å². The minimum atomic E-state index is 0.0129. The van der Waals surface area contributed by atoms with Gasteiger partial charge in [-0.3, -0.25) is 0 Å². The molecule has 1 nitrogen and oxygen atoms in total. The standard InChI is InChI=1S/C49H43N/c1-30-24-32(33-19-22-40-35(26-33)27-34-12-6-7-13-39(34)40)18-21-37(30)38-23-20-36(25-31(38)2)50-46-17-11-9-14-41(46)43-28-45-42-15-8-10-16-44(42)48(3,4)49(45,5)29-47(43)50/h6-23,25-26,28,32H,24,27,29H2,1-5H3. The predicted octanol–water partition coefficient (Wildman–Crippen LogP) is 12.4. The number of hydrogen-bond donors (Lipinski definition) is 0. The van der Waals surface area contributed by atoms with E-state index in [4.69, 9.17) is 0 Å². The van der Waals surface area contributed by atoms with Gasteiger partial charge in [-0.1, -0.05) is 129 Å². The van der Waals surface area contributed by atoms with Gasteiger partial charge in [0, 0.05) is 39.1 Å². The number of fused-ring (bicyclic) bond motifs is 9. The van der Waals surface area contributed by atoms with Crippen molar-refractivity contribution < 1.29 is 0 Å². The van der Waals surface area contributed by atoms with Crippen molar-refractivity contribution in [3.63, 3.8) is 0 Å². The molecule has 2 atom stereocenters. The summed E-state index contributed by atoms with van der Waals surface area (Å²) in [5, 5.41) is 1.34. The number of aryl methyl sites for hydroxylation is 1. The summed E-state index contributed by atoms with van der Waals surface area (Å²) in [6.07, 6.45) is 10.5. The minimum absolute atomic E-state index is 0.0129. The summed E-state index contributed by atoms with van der Waals surface area (Å²) in [5.41, 5.74) is 22.5. The first-order valence-corrected chi connectivity index (χ1v) is 18.4. The minimum Gasteiger partial charge on any atom is -0.313 e. The van der Waals surface area contributed by atoms with Gasteiger partial charge in [-0.05, 0) is 119 Å². The first-order chi connectivity index (χ1) is 24.2. The summed E-state index contributed by atoms with van der Waals surface area (Å²) in [4.78, 5) is 0. The van der Waals surface area contributed by atoms with Gasteiger partial charge in [-0.2, -0.15) is 0 Å². The fourth-order valence-electron chi connectivity index (χ4n) is 10.1. The molecule has 4 aliphatic rings. The quantitative estimate of drug-likeness (QED) is 0.180. The molecular weight excluding hydrogens is 603 g/mol. The first-order valence-electron chi connectivity index (χ1n) is 18.4. The number of allylic oxidation sites excluding steroid dienone is 5. The highest BCUT2D eigenvalue weighted by Crippen LogP contribution is 2.62. The van der Waals surface area contributed by atoms with Crippen LogP contribution in [-0.2, 0) is 18.3 Å². The smallest absolute Gasteiger partial charge is 0.0537 e. The van der Waals surface area contributed by atoms with Crippen LogP contribution in [0.2, 0.25) is 0 Å². The largest absolute Gasteiger partial charge is 0.313 e. The average molecular weight is 646 g/mol. The highest BCUT2D eigenvalue weighted by molar-refractivity contribution is 6.02. The van der Waals surface area contributed by atoms with E-state index in [1.54, 1.807) is 0 Å². The summed E-state index contributed by atoms with van der Waals surface area (Å²) in [6, 6.07) is 41.3. The van der Waals surface area contributed by atoms with Gasteiger partial charge < -0.3 is 4.57 Å². The molecule has 0 N–H and O–H groups in total. The van der Waals surface area contributed by atoms with Crippen molar-refractivity contribution in [2.75, 3.05) is 0 Å². The fourth-order valence-corrected chi connectivity index (χ4v) is 10.1.